The Balaban J connectivity index is 0.000000400. The zero-order valence-electron chi connectivity index (χ0n) is 31.3. The summed E-state index contributed by atoms with van der Waals surface area (Å²) in [5, 5.41) is 142. The molecule has 0 heterocycles. The van der Waals surface area contributed by atoms with E-state index in [2.05, 4.69) is 0 Å². The fourth-order valence-electron chi connectivity index (χ4n) is 7.79. The number of aliphatic hydroxyl groups excluding tert-OH is 4. The topological polar surface area (TPSA) is 564 Å². The first-order valence-electron chi connectivity index (χ1n) is 17.6. The van der Waals surface area contributed by atoms with Gasteiger partial charge < -0.3 is 105 Å². The molecule has 4 rings (SSSR count). The van der Waals surface area contributed by atoms with Gasteiger partial charge in [0, 0.05) is 23.7 Å². The molecule has 0 radical (unpaired) electrons. The molecule has 28 heteroatoms. The van der Waals surface area contributed by atoms with E-state index >= 15 is 0 Å². The molecule has 0 bridgehead atoms. The molecule has 344 valence electrons. The number of carbonyl (C=O) groups is 8. The normalized spacial score (nSPS) is 35.7. The summed E-state index contributed by atoms with van der Waals surface area (Å²) in [7, 11) is 0. The molecule has 0 spiro atoms. The molecule has 0 amide bonds. The molecular weight excluding hydrogens is 824 g/mol. The van der Waals surface area contributed by atoms with Gasteiger partial charge in [-0.1, -0.05) is 0 Å². The lowest BCUT2D eigenvalue weighted by Gasteiger charge is -2.18. The third-order valence-corrected chi connectivity index (χ3v) is 11.3. The number of hydrogen-bond donors (Lipinski definition) is 20. The van der Waals surface area contributed by atoms with Crippen LogP contribution in [0.2, 0.25) is 0 Å². The minimum Gasteiger partial charge on any atom is -0.481 e. The van der Waals surface area contributed by atoms with E-state index in [0.29, 0.717) is 0 Å². The van der Waals surface area contributed by atoms with Gasteiger partial charge in [0.15, 0.2) is 25.2 Å². The highest BCUT2D eigenvalue weighted by Crippen LogP contribution is 2.42. The monoisotopic (exact) mass is 876 g/mol. The molecule has 4 fully saturated rings. The van der Waals surface area contributed by atoms with Crippen molar-refractivity contribution in [2.75, 3.05) is 0 Å². The average Bonchev–Trinajstić information content (AvgIpc) is 3.88. The zero-order chi connectivity index (χ0) is 47.2. The van der Waals surface area contributed by atoms with Gasteiger partial charge in [0.1, 0.15) is 22.2 Å². The Morgan fingerprint density at radius 1 is 0.317 bits per heavy atom. The first-order chi connectivity index (χ1) is 27.1. The lowest BCUT2D eigenvalue weighted by molar-refractivity contribution is -0.151. The van der Waals surface area contributed by atoms with E-state index in [1.165, 1.54) is 0 Å². The van der Waals surface area contributed by atoms with E-state index in [-0.39, 0.29) is 51.4 Å². The van der Waals surface area contributed by atoms with Crippen LogP contribution in [0.5, 0.6) is 0 Å². The maximum Gasteiger partial charge on any atom is 0.323 e. The van der Waals surface area contributed by atoms with Gasteiger partial charge in [0.2, 0.25) is 0 Å². The zero-order valence-corrected chi connectivity index (χ0v) is 31.3. The van der Waals surface area contributed by atoms with Crippen LogP contribution in [0.1, 0.15) is 51.4 Å². The third kappa shape index (κ3) is 12.7. The number of nitrogens with two attached hydrogens (primary N) is 4. The first-order valence-corrected chi connectivity index (χ1v) is 17.6. The Kier molecular flexibility index (Phi) is 18.0. The average molecular weight is 877 g/mol. The highest BCUT2D eigenvalue weighted by atomic mass is 16.5. The van der Waals surface area contributed by atoms with Gasteiger partial charge >= 0.3 is 47.8 Å². The van der Waals surface area contributed by atoms with E-state index in [0.717, 1.165) is 0 Å². The summed E-state index contributed by atoms with van der Waals surface area (Å²) in [5.41, 5.74) is 15.2. The SMILES string of the molecule is NC1(C(=O)O)CC(C(=O)O)C(C(O)O)C1.NC1(C(=O)O)CC(C(=O)O)C(C(O)O)C1.NC1(C(=O)O)CC(C(=O)O)C(C(O)O)C1.NC1(C(=O)O)CC(C(=O)O)C(C(O)O)C1. The summed E-state index contributed by atoms with van der Waals surface area (Å²) < 4.78 is 0. The van der Waals surface area contributed by atoms with Crippen molar-refractivity contribution in [1.82, 2.24) is 0 Å². The largest absolute Gasteiger partial charge is 0.481 e. The summed E-state index contributed by atoms with van der Waals surface area (Å²) in [4.78, 5) is 86.1. The van der Waals surface area contributed by atoms with Crippen LogP contribution >= 0.6 is 0 Å². The minimum atomic E-state index is -1.86. The number of aliphatic hydroxyl groups is 8. The van der Waals surface area contributed by atoms with E-state index in [1.54, 1.807) is 0 Å². The van der Waals surface area contributed by atoms with Gasteiger partial charge in [0.25, 0.3) is 0 Å². The molecule has 12 unspecified atom stereocenters. The fraction of sp³-hybridized carbons (Fsp3) is 0.750. The predicted molar refractivity (Wildman–Crippen MR) is 187 cm³/mol. The van der Waals surface area contributed by atoms with Crippen LogP contribution < -0.4 is 22.9 Å². The van der Waals surface area contributed by atoms with Crippen molar-refractivity contribution in [2.45, 2.75) is 98.7 Å². The second-order valence-electron chi connectivity index (χ2n) is 15.6. The second-order valence-corrected chi connectivity index (χ2v) is 15.6. The number of carboxylic acid groups (broad SMARTS) is 8. The molecule has 4 aliphatic rings. The Morgan fingerprint density at radius 2 is 0.450 bits per heavy atom. The summed E-state index contributed by atoms with van der Waals surface area (Å²) in [6.07, 6.45) is -9.64. The van der Waals surface area contributed by atoms with Gasteiger partial charge in [-0.3, -0.25) is 38.4 Å². The smallest absolute Gasteiger partial charge is 0.323 e. The highest BCUT2D eigenvalue weighted by Gasteiger charge is 2.55. The van der Waals surface area contributed by atoms with Crippen molar-refractivity contribution in [2.24, 2.45) is 70.3 Å². The molecule has 28 nitrogen and oxygen atoms in total. The maximum absolute atomic E-state index is 10.8. The molecule has 0 aromatic rings. The van der Waals surface area contributed by atoms with Gasteiger partial charge in [0.05, 0.1) is 23.7 Å². The van der Waals surface area contributed by atoms with Gasteiger partial charge in [-0.15, -0.1) is 0 Å². The maximum atomic E-state index is 10.8. The first kappa shape index (κ1) is 53.3. The van der Waals surface area contributed by atoms with Crippen molar-refractivity contribution in [3.05, 3.63) is 0 Å². The highest BCUT2D eigenvalue weighted by molar-refractivity contribution is 5.84. The van der Waals surface area contributed by atoms with Crippen molar-refractivity contribution >= 4 is 47.8 Å². The fourth-order valence-corrected chi connectivity index (χ4v) is 7.79. The summed E-state index contributed by atoms with van der Waals surface area (Å²) in [6, 6.07) is 0. The van der Waals surface area contributed by atoms with Gasteiger partial charge in [-0.2, -0.15) is 0 Å². The quantitative estimate of drug-likeness (QED) is 0.0810. The molecule has 60 heavy (non-hydrogen) atoms. The minimum absolute atomic E-state index is 0.253. The van der Waals surface area contributed by atoms with E-state index in [1.807, 2.05) is 0 Å². The van der Waals surface area contributed by atoms with E-state index in [9.17, 15) is 38.4 Å². The Morgan fingerprint density at radius 3 is 0.517 bits per heavy atom. The standard InChI is InChI=1S/4C8H13NO6/c4*9-8(7(14)15)1-3(5(10)11)4(2-8)6(12)13/h4*3-5,10-11H,1-2,9H2,(H,12,13)(H,14,15). The van der Waals surface area contributed by atoms with Crippen molar-refractivity contribution in [3.8, 4) is 0 Å². The lowest BCUT2D eigenvalue weighted by Crippen LogP contribution is -2.46. The molecular formula is C32H52N4O24. The molecule has 24 N–H and O–H groups in total. The van der Waals surface area contributed by atoms with E-state index < -0.39 is 142 Å². The van der Waals surface area contributed by atoms with Crippen LogP contribution in [0, 0.1) is 47.3 Å². The summed E-state index contributed by atoms with van der Waals surface area (Å²) in [6.45, 7) is 0. The summed E-state index contributed by atoms with van der Waals surface area (Å²) >= 11 is 0. The molecule has 4 aliphatic carbocycles. The molecule has 12 atom stereocenters. The third-order valence-electron chi connectivity index (χ3n) is 11.3. The van der Waals surface area contributed by atoms with Gasteiger partial charge in [-0.05, 0) is 51.4 Å². The van der Waals surface area contributed by atoms with Crippen molar-refractivity contribution in [1.29, 1.82) is 0 Å². The van der Waals surface area contributed by atoms with Crippen LogP contribution in [0.4, 0.5) is 0 Å². The Bertz CT molecular complexity index is 1400. The molecule has 0 aromatic carbocycles. The number of aliphatic carboxylic acids is 8. The lowest BCUT2D eigenvalue weighted by atomic mass is 9.96. The number of carboxylic acids is 8. The Hall–Kier alpha value is -4.72. The van der Waals surface area contributed by atoms with Crippen molar-refractivity contribution < 1.29 is 120 Å². The molecule has 0 aliphatic heterocycles. The van der Waals surface area contributed by atoms with Crippen LogP contribution in [0.25, 0.3) is 0 Å². The van der Waals surface area contributed by atoms with Crippen molar-refractivity contribution in [3.63, 3.8) is 0 Å². The molecule has 0 aromatic heterocycles. The van der Waals surface area contributed by atoms with Crippen LogP contribution in [0.3, 0.4) is 0 Å². The summed E-state index contributed by atoms with van der Waals surface area (Å²) in [5.74, 6) is -19.0. The Labute approximate surface area is 336 Å². The number of hydrogen-bond acceptors (Lipinski definition) is 20. The van der Waals surface area contributed by atoms with Crippen LogP contribution in [-0.2, 0) is 38.4 Å². The molecule has 0 saturated heterocycles. The predicted octanol–water partition coefficient (Wildman–Crippen LogP) is -7.24. The van der Waals surface area contributed by atoms with Gasteiger partial charge in [-0.25, -0.2) is 0 Å². The van der Waals surface area contributed by atoms with Crippen LogP contribution in [0.15, 0.2) is 0 Å². The second kappa shape index (κ2) is 20.2. The molecule has 4 saturated carbocycles. The van der Waals surface area contributed by atoms with E-state index in [4.69, 9.17) is 105 Å². The number of rotatable bonds is 12. The van der Waals surface area contributed by atoms with Crippen LogP contribution in [-0.4, -0.2) is 177 Å².